The second kappa shape index (κ2) is 11.5. The lowest BCUT2D eigenvalue weighted by atomic mass is 10.0. The van der Waals surface area contributed by atoms with Gasteiger partial charge < -0.3 is 14.8 Å². The van der Waals surface area contributed by atoms with Crippen LogP contribution in [-0.4, -0.2) is 37.8 Å². The van der Waals surface area contributed by atoms with Crippen LogP contribution in [0.15, 0.2) is 47.6 Å². The highest BCUT2D eigenvalue weighted by Gasteiger charge is 2.24. The first-order chi connectivity index (χ1) is 14.4. The standard InChI is InChI=1S/C22H26IN3O4/c1-5-30-18-12-15(11-17(23)20(18)29-4)13-24-26-22(28)19(14(2)3)25-21(27)16-9-7-6-8-10-16/h6-14,19H,5H2,1-4H3,(H,25,27)(H,26,28)/b24-13+. The molecule has 0 spiro atoms. The van der Waals surface area contributed by atoms with Crippen molar-refractivity contribution in [1.29, 1.82) is 0 Å². The van der Waals surface area contributed by atoms with Crippen molar-refractivity contribution >= 4 is 40.6 Å². The molecule has 0 radical (unpaired) electrons. The highest BCUT2D eigenvalue weighted by molar-refractivity contribution is 14.1. The maximum atomic E-state index is 12.6. The van der Waals surface area contributed by atoms with Gasteiger partial charge in [0.1, 0.15) is 6.04 Å². The van der Waals surface area contributed by atoms with Gasteiger partial charge in [0.2, 0.25) is 0 Å². The van der Waals surface area contributed by atoms with E-state index in [1.165, 1.54) is 6.21 Å². The minimum Gasteiger partial charge on any atom is -0.492 e. The molecule has 0 aliphatic rings. The maximum Gasteiger partial charge on any atom is 0.262 e. The highest BCUT2D eigenvalue weighted by Crippen LogP contribution is 2.33. The third-order valence-electron chi connectivity index (χ3n) is 4.20. The Balaban J connectivity index is 2.08. The van der Waals surface area contributed by atoms with E-state index >= 15 is 0 Å². The number of carbonyl (C=O) groups excluding carboxylic acids is 2. The first kappa shape index (κ1) is 23.7. The molecule has 160 valence electrons. The van der Waals surface area contributed by atoms with E-state index in [0.29, 0.717) is 23.7 Å². The quantitative estimate of drug-likeness (QED) is 0.299. The van der Waals surface area contributed by atoms with Crippen LogP contribution in [0.4, 0.5) is 0 Å². The number of hydrogen-bond acceptors (Lipinski definition) is 5. The van der Waals surface area contributed by atoms with Gasteiger partial charge in [-0.3, -0.25) is 9.59 Å². The highest BCUT2D eigenvalue weighted by atomic mass is 127. The van der Waals surface area contributed by atoms with E-state index in [1.54, 1.807) is 37.4 Å². The van der Waals surface area contributed by atoms with Crippen LogP contribution >= 0.6 is 22.6 Å². The molecule has 0 saturated carbocycles. The summed E-state index contributed by atoms with van der Waals surface area (Å²) in [5, 5.41) is 6.82. The smallest absolute Gasteiger partial charge is 0.262 e. The van der Waals surface area contributed by atoms with Gasteiger partial charge in [0.25, 0.3) is 11.8 Å². The van der Waals surface area contributed by atoms with Crippen molar-refractivity contribution in [2.75, 3.05) is 13.7 Å². The summed E-state index contributed by atoms with van der Waals surface area (Å²) in [5.74, 6) is 0.453. The van der Waals surface area contributed by atoms with Gasteiger partial charge in [-0.15, -0.1) is 0 Å². The Bertz CT molecular complexity index is 901. The van der Waals surface area contributed by atoms with E-state index < -0.39 is 11.9 Å². The van der Waals surface area contributed by atoms with Crippen LogP contribution in [0.25, 0.3) is 0 Å². The Morgan fingerprint density at radius 1 is 1.20 bits per heavy atom. The number of methoxy groups -OCH3 is 1. The van der Waals surface area contributed by atoms with Crippen LogP contribution in [0, 0.1) is 9.49 Å². The second-order valence-electron chi connectivity index (χ2n) is 6.76. The van der Waals surface area contributed by atoms with Gasteiger partial charge in [-0.1, -0.05) is 32.0 Å². The van der Waals surface area contributed by atoms with Crippen molar-refractivity contribution in [2.24, 2.45) is 11.0 Å². The molecule has 2 aromatic rings. The number of nitrogens with one attached hydrogen (secondary N) is 2. The maximum absolute atomic E-state index is 12.6. The normalized spacial score (nSPS) is 11.9. The first-order valence-electron chi connectivity index (χ1n) is 9.56. The zero-order valence-electron chi connectivity index (χ0n) is 17.4. The Morgan fingerprint density at radius 3 is 2.50 bits per heavy atom. The number of hydrazone groups is 1. The molecule has 2 N–H and O–H groups in total. The minimum atomic E-state index is -0.718. The predicted octanol–water partition coefficient (Wildman–Crippen LogP) is 3.60. The average molecular weight is 523 g/mol. The molecule has 0 aromatic heterocycles. The van der Waals surface area contributed by atoms with E-state index in [1.807, 2.05) is 32.9 Å². The lowest BCUT2D eigenvalue weighted by Gasteiger charge is -2.20. The molecule has 0 bridgehead atoms. The van der Waals surface area contributed by atoms with Crippen LogP contribution in [-0.2, 0) is 4.79 Å². The molecule has 0 saturated heterocycles. The summed E-state index contributed by atoms with van der Waals surface area (Å²) in [5.41, 5.74) is 3.75. The summed E-state index contributed by atoms with van der Waals surface area (Å²) in [7, 11) is 1.59. The van der Waals surface area contributed by atoms with E-state index in [9.17, 15) is 9.59 Å². The molecule has 2 amide bonds. The van der Waals surface area contributed by atoms with Crippen molar-refractivity contribution in [3.63, 3.8) is 0 Å². The zero-order valence-corrected chi connectivity index (χ0v) is 19.6. The van der Waals surface area contributed by atoms with Gasteiger partial charge in [-0.25, -0.2) is 5.43 Å². The van der Waals surface area contributed by atoms with Crippen molar-refractivity contribution in [2.45, 2.75) is 26.8 Å². The van der Waals surface area contributed by atoms with Gasteiger partial charge in [0.05, 0.1) is 23.5 Å². The van der Waals surface area contributed by atoms with Crippen molar-refractivity contribution in [3.8, 4) is 11.5 Å². The third-order valence-corrected chi connectivity index (χ3v) is 5.00. The van der Waals surface area contributed by atoms with Gasteiger partial charge >= 0.3 is 0 Å². The fourth-order valence-electron chi connectivity index (χ4n) is 2.71. The topological polar surface area (TPSA) is 89.0 Å². The number of ether oxygens (including phenoxy) is 2. The number of rotatable bonds is 9. The molecule has 30 heavy (non-hydrogen) atoms. The second-order valence-corrected chi connectivity index (χ2v) is 7.92. The first-order valence-corrected chi connectivity index (χ1v) is 10.6. The number of halogens is 1. The molecule has 0 fully saturated rings. The number of nitrogens with zero attached hydrogens (tertiary/aromatic N) is 1. The molecule has 2 rings (SSSR count). The summed E-state index contributed by atoms with van der Waals surface area (Å²) in [6.07, 6.45) is 1.53. The van der Waals surface area contributed by atoms with E-state index in [4.69, 9.17) is 9.47 Å². The van der Waals surface area contributed by atoms with E-state index in [0.717, 1.165) is 9.13 Å². The van der Waals surface area contributed by atoms with Crippen LogP contribution < -0.4 is 20.2 Å². The Hall–Kier alpha value is -2.62. The Labute approximate surface area is 190 Å². The van der Waals surface area contributed by atoms with E-state index in [-0.39, 0.29) is 11.8 Å². The molecule has 0 aliphatic heterocycles. The fraction of sp³-hybridized carbons (Fsp3) is 0.318. The molecule has 0 heterocycles. The minimum absolute atomic E-state index is 0.112. The zero-order chi connectivity index (χ0) is 22.1. The molecule has 1 unspecified atom stereocenters. The Kier molecular flexibility index (Phi) is 9.10. The fourth-order valence-corrected chi connectivity index (χ4v) is 3.56. The summed E-state index contributed by atoms with van der Waals surface area (Å²) in [6.45, 7) is 6.11. The predicted molar refractivity (Wildman–Crippen MR) is 125 cm³/mol. The largest absolute Gasteiger partial charge is 0.492 e. The van der Waals surface area contributed by atoms with Crippen molar-refractivity contribution in [3.05, 3.63) is 57.2 Å². The summed E-state index contributed by atoms with van der Waals surface area (Å²) < 4.78 is 11.8. The molecule has 1 atom stereocenters. The van der Waals surface area contributed by atoms with Crippen LogP contribution in [0.5, 0.6) is 11.5 Å². The molecule has 2 aromatic carbocycles. The number of benzene rings is 2. The molecular weight excluding hydrogens is 497 g/mol. The van der Waals surface area contributed by atoms with Gasteiger partial charge in [-0.2, -0.15) is 5.10 Å². The van der Waals surface area contributed by atoms with Crippen LogP contribution in [0.3, 0.4) is 0 Å². The van der Waals surface area contributed by atoms with Crippen molar-refractivity contribution < 1.29 is 19.1 Å². The van der Waals surface area contributed by atoms with Crippen LogP contribution in [0.1, 0.15) is 36.7 Å². The lowest BCUT2D eigenvalue weighted by molar-refractivity contribution is -0.123. The van der Waals surface area contributed by atoms with Gasteiger partial charge in [0, 0.05) is 5.56 Å². The summed E-state index contributed by atoms with van der Waals surface area (Å²) in [4.78, 5) is 25.0. The van der Waals surface area contributed by atoms with Crippen molar-refractivity contribution in [1.82, 2.24) is 10.7 Å². The SMILES string of the molecule is CCOc1cc(/C=N/NC(=O)C(NC(=O)c2ccccc2)C(C)C)cc(I)c1OC. The van der Waals surface area contributed by atoms with E-state index in [2.05, 4.69) is 38.4 Å². The Morgan fingerprint density at radius 2 is 1.90 bits per heavy atom. The average Bonchev–Trinajstić information content (AvgIpc) is 2.72. The molecule has 0 aliphatic carbocycles. The number of amides is 2. The number of carbonyl (C=O) groups is 2. The lowest BCUT2D eigenvalue weighted by Crippen LogP contribution is -2.48. The molecule has 8 heteroatoms. The molecule has 7 nitrogen and oxygen atoms in total. The monoisotopic (exact) mass is 523 g/mol. The summed E-state index contributed by atoms with van der Waals surface area (Å²) >= 11 is 2.15. The van der Waals surface area contributed by atoms with Gasteiger partial charge in [0.15, 0.2) is 11.5 Å². The van der Waals surface area contributed by atoms with Gasteiger partial charge in [-0.05, 0) is 65.3 Å². The molecular formula is C22H26IN3O4. The third kappa shape index (κ3) is 6.45. The summed E-state index contributed by atoms with van der Waals surface area (Å²) in [6, 6.07) is 11.7. The number of hydrogen-bond donors (Lipinski definition) is 2. The van der Waals surface area contributed by atoms with Crippen LogP contribution in [0.2, 0.25) is 0 Å².